The van der Waals surface area contributed by atoms with Gasteiger partial charge < -0.3 is 5.32 Å². The number of hydrogen-bond donors (Lipinski definition) is 1. The molecule has 0 aliphatic heterocycles. The molecule has 1 saturated carbocycles. The third-order valence-corrected chi connectivity index (χ3v) is 7.82. The van der Waals surface area contributed by atoms with Gasteiger partial charge in [-0.15, -0.1) is 0 Å². The summed E-state index contributed by atoms with van der Waals surface area (Å²) in [6.45, 7) is -0.849. The molecule has 0 atom stereocenters. The van der Waals surface area contributed by atoms with Gasteiger partial charge in [-0.2, -0.15) is 9.57 Å². The van der Waals surface area contributed by atoms with Crippen LogP contribution in [0.25, 0.3) is 0 Å². The van der Waals surface area contributed by atoms with Crippen molar-refractivity contribution in [2.45, 2.75) is 29.7 Å². The van der Waals surface area contributed by atoms with E-state index in [-0.39, 0.29) is 17.0 Å². The summed E-state index contributed by atoms with van der Waals surface area (Å²) in [5.74, 6) is -1.15. The van der Waals surface area contributed by atoms with E-state index in [1.165, 1.54) is 42.5 Å². The summed E-state index contributed by atoms with van der Waals surface area (Å²) in [5.41, 5.74) is 1.06. The number of carbonyl (C=O) groups is 1. The van der Waals surface area contributed by atoms with Gasteiger partial charge in [-0.3, -0.25) is 4.79 Å². The fourth-order valence-electron chi connectivity index (χ4n) is 3.62. The molecule has 34 heavy (non-hydrogen) atoms. The highest BCUT2D eigenvalue weighted by molar-refractivity contribution is 7.89. The Labute approximate surface area is 202 Å². The maximum absolute atomic E-state index is 14.3. The number of nitrogens with zero attached hydrogens (tertiary/aromatic N) is 2. The highest BCUT2D eigenvalue weighted by Gasteiger charge is 2.44. The quantitative estimate of drug-likeness (QED) is 0.481. The standard InChI is InChI=1S/C25H21ClFN3O3S/c26-20-7-11-22(12-8-20)34(32,33)30(15-18-3-1-2-4-23(18)27)16-24(31)29-21-9-5-19(6-10-21)25(17-28)13-14-25/h1-12H,13-16H2,(H,29,31). The predicted molar refractivity (Wildman–Crippen MR) is 127 cm³/mol. The molecule has 1 aliphatic rings. The minimum atomic E-state index is -4.13. The van der Waals surface area contributed by atoms with Gasteiger partial charge in [-0.25, -0.2) is 12.8 Å². The van der Waals surface area contributed by atoms with Crippen LogP contribution in [0.5, 0.6) is 0 Å². The Balaban J connectivity index is 1.55. The van der Waals surface area contributed by atoms with Gasteiger partial charge in [0.05, 0.1) is 22.9 Å². The molecule has 0 bridgehead atoms. The first-order valence-corrected chi connectivity index (χ1v) is 12.4. The number of anilines is 1. The zero-order chi connectivity index (χ0) is 24.3. The molecule has 0 unspecified atom stereocenters. The number of rotatable bonds is 8. The van der Waals surface area contributed by atoms with Crippen LogP contribution in [0.1, 0.15) is 24.0 Å². The van der Waals surface area contributed by atoms with E-state index in [0.717, 1.165) is 22.7 Å². The van der Waals surface area contributed by atoms with E-state index in [9.17, 15) is 22.9 Å². The molecule has 0 aromatic heterocycles. The second kappa shape index (κ2) is 9.55. The molecular formula is C25H21ClFN3O3S. The number of nitrogens with one attached hydrogen (secondary N) is 1. The van der Waals surface area contributed by atoms with Crippen molar-refractivity contribution in [3.05, 3.63) is 94.8 Å². The Bertz CT molecular complexity index is 1350. The maximum atomic E-state index is 14.3. The summed E-state index contributed by atoms with van der Waals surface area (Å²) in [4.78, 5) is 12.7. The largest absolute Gasteiger partial charge is 0.325 e. The summed E-state index contributed by atoms with van der Waals surface area (Å²) >= 11 is 5.88. The van der Waals surface area contributed by atoms with E-state index >= 15 is 0 Å². The molecule has 174 valence electrons. The van der Waals surface area contributed by atoms with Crippen LogP contribution >= 0.6 is 11.6 Å². The van der Waals surface area contributed by atoms with Gasteiger partial charge in [0.2, 0.25) is 15.9 Å². The topological polar surface area (TPSA) is 90.3 Å². The lowest BCUT2D eigenvalue weighted by atomic mass is 9.98. The Kier molecular flexibility index (Phi) is 6.71. The Morgan fingerprint density at radius 1 is 1.06 bits per heavy atom. The first-order chi connectivity index (χ1) is 16.2. The van der Waals surface area contributed by atoms with E-state index in [4.69, 9.17) is 11.6 Å². The number of nitriles is 1. The minimum absolute atomic E-state index is 0.0587. The number of halogens is 2. The summed E-state index contributed by atoms with van der Waals surface area (Å²) in [6.07, 6.45) is 1.62. The molecule has 4 rings (SSSR count). The monoisotopic (exact) mass is 497 g/mol. The number of benzene rings is 3. The maximum Gasteiger partial charge on any atom is 0.243 e. The molecule has 6 nitrogen and oxygen atoms in total. The van der Waals surface area contributed by atoms with Crippen LogP contribution in [-0.4, -0.2) is 25.2 Å². The van der Waals surface area contributed by atoms with Crippen LogP contribution in [0.4, 0.5) is 10.1 Å². The highest BCUT2D eigenvalue weighted by Crippen LogP contribution is 2.47. The van der Waals surface area contributed by atoms with Crippen molar-refractivity contribution in [2.75, 3.05) is 11.9 Å². The van der Waals surface area contributed by atoms with Gasteiger partial charge in [0.25, 0.3) is 0 Å². The molecule has 1 fully saturated rings. The molecule has 0 heterocycles. The van der Waals surface area contributed by atoms with E-state index in [1.54, 1.807) is 30.3 Å². The molecule has 1 N–H and O–H groups in total. The smallest absolute Gasteiger partial charge is 0.243 e. The van der Waals surface area contributed by atoms with Gasteiger partial charge >= 0.3 is 0 Å². The van der Waals surface area contributed by atoms with E-state index in [0.29, 0.717) is 10.7 Å². The number of sulfonamides is 1. The zero-order valence-electron chi connectivity index (χ0n) is 18.0. The van der Waals surface area contributed by atoms with Crippen molar-refractivity contribution in [1.29, 1.82) is 5.26 Å². The molecule has 3 aromatic rings. The van der Waals surface area contributed by atoms with Crippen LogP contribution in [0, 0.1) is 17.1 Å². The van der Waals surface area contributed by atoms with E-state index in [1.807, 2.05) is 0 Å². The van der Waals surface area contributed by atoms with Crippen LogP contribution in [0.3, 0.4) is 0 Å². The average Bonchev–Trinajstić information content (AvgIpc) is 3.62. The first-order valence-electron chi connectivity index (χ1n) is 10.5. The molecule has 3 aromatic carbocycles. The zero-order valence-corrected chi connectivity index (χ0v) is 19.6. The Morgan fingerprint density at radius 2 is 1.71 bits per heavy atom. The van der Waals surface area contributed by atoms with E-state index in [2.05, 4.69) is 11.4 Å². The molecule has 0 saturated heterocycles. The third kappa shape index (κ3) is 5.12. The second-order valence-corrected chi connectivity index (χ2v) is 10.5. The lowest BCUT2D eigenvalue weighted by Gasteiger charge is -2.22. The summed E-state index contributed by atoms with van der Waals surface area (Å²) in [7, 11) is -4.13. The molecule has 0 spiro atoms. The van der Waals surface area contributed by atoms with Crippen molar-refractivity contribution in [2.24, 2.45) is 0 Å². The number of hydrogen-bond acceptors (Lipinski definition) is 4. The normalized spacial score (nSPS) is 14.4. The Morgan fingerprint density at radius 3 is 2.29 bits per heavy atom. The highest BCUT2D eigenvalue weighted by atomic mass is 35.5. The van der Waals surface area contributed by atoms with Gasteiger partial charge in [0.1, 0.15) is 5.82 Å². The number of carbonyl (C=O) groups excluding carboxylic acids is 1. The summed E-state index contributed by atoms with van der Waals surface area (Å²) in [5, 5.41) is 12.4. The lowest BCUT2D eigenvalue weighted by molar-refractivity contribution is -0.116. The van der Waals surface area contributed by atoms with Gasteiger partial charge in [-0.1, -0.05) is 41.9 Å². The van der Waals surface area contributed by atoms with Crippen molar-refractivity contribution in [3.8, 4) is 6.07 Å². The van der Waals surface area contributed by atoms with Gasteiger partial charge in [-0.05, 0) is 60.9 Å². The number of amides is 1. The van der Waals surface area contributed by atoms with E-state index < -0.39 is 33.7 Å². The fourth-order valence-corrected chi connectivity index (χ4v) is 5.12. The van der Waals surface area contributed by atoms with Gasteiger partial charge in [0, 0.05) is 22.8 Å². The second-order valence-electron chi connectivity index (χ2n) is 8.14. The fraction of sp³-hybridized carbons (Fsp3) is 0.200. The van der Waals surface area contributed by atoms with Crippen molar-refractivity contribution < 1.29 is 17.6 Å². The SMILES string of the molecule is N#CC1(c2ccc(NC(=O)CN(Cc3ccccc3F)S(=O)(=O)c3ccc(Cl)cc3)cc2)CC1. The van der Waals surface area contributed by atoms with Crippen LogP contribution in [0.2, 0.25) is 5.02 Å². The predicted octanol–water partition coefficient (Wildman–Crippen LogP) is 4.86. The Hall–Kier alpha value is -3.25. The summed E-state index contributed by atoms with van der Waals surface area (Å²) in [6, 6.07) is 20.6. The van der Waals surface area contributed by atoms with Crippen molar-refractivity contribution >= 4 is 33.2 Å². The molecular weight excluding hydrogens is 477 g/mol. The van der Waals surface area contributed by atoms with Crippen LogP contribution in [0.15, 0.2) is 77.7 Å². The van der Waals surface area contributed by atoms with Crippen LogP contribution < -0.4 is 5.32 Å². The molecule has 9 heteroatoms. The lowest BCUT2D eigenvalue weighted by Crippen LogP contribution is -2.37. The van der Waals surface area contributed by atoms with Crippen LogP contribution in [-0.2, 0) is 26.8 Å². The average molecular weight is 498 g/mol. The minimum Gasteiger partial charge on any atom is -0.325 e. The van der Waals surface area contributed by atoms with Crippen molar-refractivity contribution in [1.82, 2.24) is 4.31 Å². The summed E-state index contributed by atoms with van der Waals surface area (Å²) < 4.78 is 41.8. The van der Waals surface area contributed by atoms with Crippen molar-refractivity contribution in [3.63, 3.8) is 0 Å². The molecule has 1 aliphatic carbocycles. The van der Waals surface area contributed by atoms with Gasteiger partial charge in [0.15, 0.2) is 0 Å². The third-order valence-electron chi connectivity index (χ3n) is 5.76. The first kappa shape index (κ1) is 23.9. The molecule has 0 radical (unpaired) electrons. The molecule has 1 amide bonds.